The first-order valence-corrected chi connectivity index (χ1v) is 6.70. The zero-order chi connectivity index (χ0) is 11.7. The van der Waals surface area contributed by atoms with E-state index in [1.54, 1.807) is 11.3 Å². The van der Waals surface area contributed by atoms with Crippen LogP contribution in [0.1, 0.15) is 16.8 Å². The van der Waals surface area contributed by atoms with Crippen LogP contribution in [0.4, 0.5) is 0 Å². The summed E-state index contributed by atoms with van der Waals surface area (Å²) >= 11 is 1.62. The summed E-state index contributed by atoms with van der Waals surface area (Å²) in [7, 11) is 0. The highest BCUT2D eigenvalue weighted by Crippen LogP contribution is 2.25. The molecule has 0 radical (unpaired) electrons. The van der Waals surface area contributed by atoms with E-state index in [9.17, 15) is 4.79 Å². The first-order valence-electron chi connectivity index (χ1n) is 5.82. The van der Waals surface area contributed by atoms with Crippen molar-refractivity contribution in [2.24, 2.45) is 0 Å². The number of carbonyl (C=O) groups excluding carboxylic acids is 1. The molecule has 1 atom stereocenters. The number of hydrogen-bond donors (Lipinski definition) is 2. The summed E-state index contributed by atoms with van der Waals surface area (Å²) in [5.41, 5.74) is 0.803. The summed E-state index contributed by atoms with van der Waals surface area (Å²) in [6.45, 7) is 1.88. The van der Waals surface area contributed by atoms with Crippen LogP contribution in [0.5, 0.6) is 0 Å². The Morgan fingerprint density at radius 2 is 2.29 bits per heavy atom. The second kappa shape index (κ2) is 4.47. The predicted octanol–water partition coefficient (Wildman–Crippen LogP) is 1.99. The molecule has 2 heterocycles. The highest BCUT2D eigenvalue weighted by molar-refractivity contribution is 7.17. The quantitative estimate of drug-likeness (QED) is 0.851. The molecule has 1 aromatic carbocycles. The highest BCUT2D eigenvalue weighted by atomic mass is 32.1. The van der Waals surface area contributed by atoms with Crippen molar-refractivity contribution in [2.75, 3.05) is 13.1 Å². The zero-order valence-corrected chi connectivity index (χ0v) is 10.2. The topological polar surface area (TPSA) is 41.1 Å². The number of fused-ring (bicyclic) bond motifs is 1. The van der Waals surface area contributed by atoms with Gasteiger partial charge in [-0.25, -0.2) is 0 Å². The monoisotopic (exact) mass is 246 g/mol. The fourth-order valence-corrected chi connectivity index (χ4v) is 3.14. The second-order valence-electron chi connectivity index (χ2n) is 4.31. The predicted molar refractivity (Wildman–Crippen MR) is 70.6 cm³/mol. The van der Waals surface area contributed by atoms with Gasteiger partial charge in [-0.05, 0) is 19.0 Å². The minimum Gasteiger partial charge on any atom is -0.348 e. The van der Waals surface area contributed by atoms with Crippen LogP contribution in [0.2, 0.25) is 0 Å². The molecule has 0 aliphatic carbocycles. The third-order valence-corrected chi connectivity index (χ3v) is 4.08. The second-order valence-corrected chi connectivity index (χ2v) is 5.22. The van der Waals surface area contributed by atoms with Crippen LogP contribution in [0, 0.1) is 0 Å². The van der Waals surface area contributed by atoms with Gasteiger partial charge >= 0.3 is 0 Å². The molecule has 3 nitrogen and oxygen atoms in total. The lowest BCUT2D eigenvalue weighted by Gasteiger charge is -2.10. The first kappa shape index (κ1) is 10.7. The van der Waals surface area contributed by atoms with Gasteiger partial charge in [0.1, 0.15) is 0 Å². The van der Waals surface area contributed by atoms with Gasteiger partial charge in [0.25, 0.3) is 5.91 Å². The number of benzene rings is 1. The number of amides is 1. The molecular weight excluding hydrogens is 232 g/mol. The number of carbonyl (C=O) groups is 1. The van der Waals surface area contributed by atoms with E-state index in [-0.39, 0.29) is 11.9 Å². The summed E-state index contributed by atoms with van der Waals surface area (Å²) in [5.74, 6) is 0.0520. The molecule has 0 spiro atoms. The van der Waals surface area contributed by atoms with Gasteiger partial charge in [-0.3, -0.25) is 4.79 Å². The van der Waals surface area contributed by atoms with Gasteiger partial charge in [0.05, 0.1) is 5.56 Å². The molecule has 1 aromatic heterocycles. The molecular formula is C13H14N2OS. The molecule has 1 saturated heterocycles. The normalized spacial score (nSPS) is 19.6. The molecule has 88 valence electrons. The van der Waals surface area contributed by atoms with E-state index in [1.807, 2.05) is 29.6 Å². The van der Waals surface area contributed by atoms with E-state index in [4.69, 9.17) is 0 Å². The maximum atomic E-state index is 12.1. The van der Waals surface area contributed by atoms with E-state index < -0.39 is 0 Å². The van der Waals surface area contributed by atoms with Crippen LogP contribution in [0.15, 0.2) is 29.6 Å². The summed E-state index contributed by atoms with van der Waals surface area (Å²) in [6, 6.07) is 8.31. The zero-order valence-electron chi connectivity index (χ0n) is 9.40. The Morgan fingerprint density at radius 1 is 1.41 bits per heavy atom. The fraction of sp³-hybridized carbons (Fsp3) is 0.308. The Hall–Kier alpha value is -1.39. The van der Waals surface area contributed by atoms with Crippen LogP contribution >= 0.6 is 11.3 Å². The van der Waals surface area contributed by atoms with Crippen molar-refractivity contribution < 1.29 is 4.79 Å². The van der Waals surface area contributed by atoms with E-state index in [2.05, 4.69) is 10.6 Å². The Balaban J connectivity index is 1.85. The molecule has 1 unspecified atom stereocenters. The highest BCUT2D eigenvalue weighted by Gasteiger charge is 2.19. The molecule has 3 rings (SSSR count). The van der Waals surface area contributed by atoms with Crippen molar-refractivity contribution in [3.8, 4) is 0 Å². The van der Waals surface area contributed by atoms with Gasteiger partial charge in [0.2, 0.25) is 0 Å². The minimum atomic E-state index is 0.0520. The average molecular weight is 246 g/mol. The fourth-order valence-electron chi connectivity index (χ4n) is 2.19. The van der Waals surface area contributed by atoms with Crippen molar-refractivity contribution in [1.82, 2.24) is 10.6 Å². The number of nitrogens with one attached hydrogen (secondary N) is 2. The lowest BCUT2D eigenvalue weighted by Crippen LogP contribution is -2.36. The van der Waals surface area contributed by atoms with E-state index in [0.717, 1.165) is 30.5 Å². The summed E-state index contributed by atoms with van der Waals surface area (Å²) in [5, 5.41) is 9.33. The average Bonchev–Trinajstić information content (AvgIpc) is 2.96. The Kier molecular flexibility index (Phi) is 2.82. The van der Waals surface area contributed by atoms with E-state index in [1.165, 1.54) is 4.70 Å². The number of thiophene rings is 1. The van der Waals surface area contributed by atoms with Gasteiger partial charge in [-0.15, -0.1) is 11.3 Å². The summed E-state index contributed by atoms with van der Waals surface area (Å²) in [4.78, 5) is 12.1. The van der Waals surface area contributed by atoms with Crippen molar-refractivity contribution in [3.05, 3.63) is 35.2 Å². The van der Waals surface area contributed by atoms with Crippen LogP contribution < -0.4 is 10.6 Å². The first-order chi connectivity index (χ1) is 8.34. The molecule has 4 heteroatoms. The number of hydrogen-bond acceptors (Lipinski definition) is 3. The lowest BCUT2D eigenvalue weighted by molar-refractivity contribution is 0.0942. The van der Waals surface area contributed by atoms with Crippen molar-refractivity contribution in [1.29, 1.82) is 0 Å². The molecule has 1 amide bonds. The van der Waals surface area contributed by atoms with E-state index >= 15 is 0 Å². The Labute approximate surface area is 104 Å². The molecule has 1 aliphatic rings. The smallest absolute Gasteiger partial charge is 0.253 e. The number of rotatable bonds is 2. The molecule has 2 aromatic rings. The minimum absolute atomic E-state index is 0.0520. The lowest BCUT2D eigenvalue weighted by atomic mass is 10.1. The third kappa shape index (κ3) is 2.06. The standard InChI is InChI=1S/C13H14N2OS/c16-13(15-9-5-6-14-7-9)11-8-17-12-4-2-1-3-10(11)12/h1-4,8-9,14H,5-7H2,(H,15,16). The van der Waals surface area contributed by atoms with Crippen LogP contribution in [0.25, 0.3) is 10.1 Å². The summed E-state index contributed by atoms with van der Waals surface area (Å²) < 4.78 is 1.17. The van der Waals surface area contributed by atoms with Crippen LogP contribution in [-0.4, -0.2) is 25.0 Å². The van der Waals surface area contributed by atoms with E-state index in [0.29, 0.717) is 0 Å². The van der Waals surface area contributed by atoms with Gasteiger partial charge in [0.15, 0.2) is 0 Å². The van der Waals surface area contributed by atoms with Gasteiger partial charge < -0.3 is 10.6 Å². The molecule has 0 saturated carbocycles. The molecule has 17 heavy (non-hydrogen) atoms. The third-order valence-electron chi connectivity index (χ3n) is 3.12. The maximum absolute atomic E-state index is 12.1. The largest absolute Gasteiger partial charge is 0.348 e. The molecule has 1 fully saturated rings. The Morgan fingerprint density at radius 3 is 3.12 bits per heavy atom. The maximum Gasteiger partial charge on any atom is 0.253 e. The van der Waals surface area contributed by atoms with Gasteiger partial charge in [-0.2, -0.15) is 0 Å². The molecule has 2 N–H and O–H groups in total. The Bertz CT molecular complexity index is 543. The van der Waals surface area contributed by atoms with Gasteiger partial charge in [-0.1, -0.05) is 18.2 Å². The summed E-state index contributed by atoms with van der Waals surface area (Å²) in [6.07, 6.45) is 1.02. The molecule has 1 aliphatic heterocycles. The van der Waals surface area contributed by atoms with Crippen molar-refractivity contribution >= 4 is 27.3 Å². The van der Waals surface area contributed by atoms with Crippen molar-refractivity contribution in [2.45, 2.75) is 12.5 Å². The molecule has 0 bridgehead atoms. The SMILES string of the molecule is O=C(NC1CCNC1)c1csc2ccccc12. The van der Waals surface area contributed by atoms with Crippen LogP contribution in [-0.2, 0) is 0 Å². The van der Waals surface area contributed by atoms with Crippen LogP contribution in [0.3, 0.4) is 0 Å². The van der Waals surface area contributed by atoms with Crippen molar-refractivity contribution in [3.63, 3.8) is 0 Å². The van der Waals surface area contributed by atoms with Gasteiger partial charge in [0, 0.05) is 28.1 Å².